The molecular weight excluding hydrogens is 383 g/mol. The molecule has 0 saturated heterocycles. The number of rotatable bonds is 5. The molecule has 0 fully saturated rings. The van der Waals surface area contributed by atoms with Crippen LogP contribution in [0.5, 0.6) is 0 Å². The van der Waals surface area contributed by atoms with Crippen LogP contribution in [0.15, 0.2) is 59.7 Å². The van der Waals surface area contributed by atoms with Crippen LogP contribution in [0.3, 0.4) is 0 Å². The van der Waals surface area contributed by atoms with Crippen molar-refractivity contribution in [1.29, 1.82) is 5.26 Å². The number of nitrogens with zero attached hydrogens (tertiary/aromatic N) is 4. The number of benzene rings is 2. The minimum Gasteiger partial charge on any atom is -0.360 e. The van der Waals surface area contributed by atoms with Crippen molar-refractivity contribution >= 4 is 21.8 Å². The molecule has 2 aromatic carbocycles. The lowest BCUT2D eigenvalue weighted by Gasteiger charge is -2.04. The van der Waals surface area contributed by atoms with E-state index in [2.05, 4.69) is 21.3 Å². The molecular formula is C22H17FN6O. The van der Waals surface area contributed by atoms with E-state index in [4.69, 9.17) is 5.26 Å². The second kappa shape index (κ2) is 7.04. The summed E-state index contributed by atoms with van der Waals surface area (Å²) in [6.45, 7) is 0.588. The van der Waals surface area contributed by atoms with Gasteiger partial charge in [0.05, 0.1) is 17.3 Å². The average Bonchev–Trinajstić information content (AvgIpc) is 3.43. The Kier molecular flexibility index (Phi) is 4.21. The van der Waals surface area contributed by atoms with Crippen molar-refractivity contribution in [3.63, 3.8) is 0 Å². The molecule has 0 aliphatic heterocycles. The highest BCUT2D eigenvalue weighted by molar-refractivity contribution is 5.95. The number of hydrogen-bond acceptors (Lipinski definition) is 3. The molecule has 0 atom stereocenters. The predicted molar refractivity (Wildman–Crippen MR) is 112 cm³/mol. The molecule has 0 bridgehead atoms. The molecule has 5 aromatic rings. The van der Waals surface area contributed by atoms with Crippen molar-refractivity contribution in [3.05, 3.63) is 71.2 Å². The molecule has 0 unspecified atom stereocenters. The van der Waals surface area contributed by atoms with E-state index in [1.54, 1.807) is 6.07 Å². The summed E-state index contributed by atoms with van der Waals surface area (Å²) in [6, 6.07) is 14.4. The van der Waals surface area contributed by atoms with Crippen LogP contribution >= 0.6 is 0 Å². The zero-order valence-corrected chi connectivity index (χ0v) is 15.9. The van der Waals surface area contributed by atoms with Crippen LogP contribution in [0.1, 0.15) is 12.8 Å². The van der Waals surface area contributed by atoms with Gasteiger partial charge in [-0.2, -0.15) is 10.4 Å². The highest BCUT2D eigenvalue weighted by Crippen LogP contribution is 2.31. The Morgan fingerprint density at radius 2 is 2.03 bits per heavy atom. The molecule has 0 aliphatic rings. The topological polar surface area (TPSA) is 95.2 Å². The Labute approximate surface area is 170 Å². The standard InChI is InChI=1S/C22H17FN6O/c23-14-7-8-19-16(11-14)20(13-28(19)10-4-3-9-24)29-21(26-27-22(29)30)17-12-25-18-6-2-1-5-15(17)18/h1-2,5-8,11-13,25H,3-4,10H2,(H,27,30). The minimum atomic E-state index is -0.407. The second-order valence-electron chi connectivity index (χ2n) is 7.07. The van der Waals surface area contributed by atoms with E-state index in [-0.39, 0.29) is 5.82 Å². The van der Waals surface area contributed by atoms with Crippen molar-refractivity contribution in [2.75, 3.05) is 0 Å². The number of nitriles is 1. The van der Waals surface area contributed by atoms with Crippen LogP contribution in [0.2, 0.25) is 0 Å². The zero-order valence-electron chi connectivity index (χ0n) is 15.9. The van der Waals surface area contributed by atoms with Gasteiger partial charge in [-0.25, -0.2) is 18.9 Å². The molecule has 8 heteroatoms. The third-order valence-electron chi connectivity index (χ3n) is 5.25. The Morgan fingerprint density at radius 1 is 1.17 bits per heavy atom. The van der Waals surface area contributed by atoms with E-state index in [9.17, 15) is 9.18 Å². The number of halogens is 1. The summed E-state index contributed by atoms with van der Waals surface area (Å²) in [6.07, 6.45) is 4.70. The molecule has 0 radical (unpaired) electrons. The Hall–Kier alpha value is -4.12. The van der Waals surface area contributed by atoms with Crippen molar-refractivity contribution in [1.82, 2.24) is 24.3 Å². The summed E-state index contributed by atoms with van der Waals surface area (Å²) in [4.78, 5) is 16.0. The van der Waals surface area contributed by atoms with E-state index in [0.29, 0.717) is 36.3 Å². The molecule has 0 aliphatic carbocycles. The van der Waals surface area contributed by atoms with E-state index in [0.717, 1.165) is 22.0 Å². The van der Waals surface area contributed by atoms with Crippen LogP contribution in [0.4, 0.5) is 4.39 Å². The maximum Gasteiger partial charge on any atom is 0.348 e. The first-order chi connectivity index (χ1) is 14.7. The quantitative estimate of drug-likeness (QED) is 0.435. The average molecular weight is 400 g/mol. The second-order valence-corrected chi connectivity index (χ2v) is 7.07. The van der Waals surface area contributed by atoms with Crippen LogP contribution in [-0.4, -0.2) is 24.3 Å². The fraction of sp³-hybridized carbons (Fsp3) is 0.136. The maximum absolute atomic E-state index is 14.1. The van der Waals surface area contributed by atoms with Gasteiger partial charge in [0.2, 0.25) is 0 Å². The molecule has 30 heavy (non-hydrogen) atoms. The van der Waals surface area contributed by atoms with Crippen molar-refractivity contribution in [2.24, 2.45) is 0 Å². The largest absolute Gasteiger partial charge is 0.360 e. The van der Waals surface area contributed by atoms with Gasteiger partial charge in [-0.15, -0.1) is 0 Å². The number of aromatic amines is 2. The number of hydrogen-bond donors (Lipinski definition) is 2. The molecule has 0 saturated carbocycles. The van der Waals surface area contributed by atoms with E-state index in [1.165, 1.54) is 16.7 Å². The normalized spacial score (nSPS) is 11.3. The van der Waals surface area contributed by atoms with E-state index < -0.39 is 5.69 Å². The van der Waals surface area contributed by atoms with Crippen LogP contribution in [0, 0.1) is 17.1 Å². The van der Waals surface area contributed by atoms with E-state index >= 15 is 0 Å². The summed E-state index contributed by atoms with van der Waals surface area (Å²) in [5.41, 5.74) is 2.63. The van der Waals surface area contributed by atoms with Crippen molar-refractivity contribution < 1.29 is 4.39 Å². The first-order valence-corrected chi connectivity index (χ1v) is 9.57. The van der Waals surface area contributed by atoms with Crippen LogP contribution in [-0.2, 0) is 6.54 Å². The van der Waals surface area contributed by atoms with Gasteiger partial charge in [-0.1, -0.05) is 18.2 Å². The number of aryl methyl sites for hydroxylation is 1. The summed E-state index contributed by atoms with van der Waals surface area (Å²) in [5.74, 6) is 0.0569. The van der Waals surface area contributed by atoms with Gasteiger partial charge in [0.15, 0.2) is 5.82 Å². The van der Waals surface area contributed by atoms with Crippen LogP contribution < -0.4 is 5.69 Å². The Bertz CT molecular complexity index is 1480. The fourth-order valence-corrected chi connectivity index (χ4v) is 3.90. The number of para-hydroxylation sites is 1. The summed E-state index contributed by atoms with van der Waals surface area (Å²) >= 11 is 0. The third-order valence-corrected chi connectivity index (χ3v) is 5.25. The van der Waals surface area contributed by atoms with Crippen LogP contribution in [0.25, 0.3) is 38.9 Å². The van der Waals surface area contributed by atoms with Crippen molar-refractivity contribution in [3.8, 4) is 23.1 Å². The summed E-state index contributed by atoms with van der Waals surface area (Å²) in [7, 11) is 0. The molecule has 0 spiro atoms. The smallest absolute Gasteiger partial charge is 0.348 e. The van der Waals surface area contributed by atoms with Gasteiger partial charge in [-0.3, -0.25) is 0 Å². The zero-order chi connectivity index (χ0) is 20.7. The van der Waals surface area contributed by atoms with Gasteiger partial charge < -0.3 is 9.55 Å². The fourth-order valence-electron chi connectivity index (χ4n) is 3.90. The van der Waals surface area contributed by atoms with Gasteiger partial charge >= 0.3 is 5.69 Å². The lowest BCUT2D eigenvalue weighted by molar-refractivity contribution is 0.629. The lowest BCUT2D eigenvalue weighted by atomic mass is 10.1. The van der Waals surface area contributed by atoms with E-state index in [1.807, 2.05) is 41.2 Å². The number of fused-ring (bicyclic) bond motifs is 2. The molecule has 148 valence electrons. The Balaban J connectivity index is 1.74. The number of unbranched alkanes of at least 4 members (excludes halogenated alkanes) is 1. The Morgan fingerprint density at radius 3 is 2.90 bits per heavy atom. The SMILES string of the molecule is N#CCCCn1cc(-n2c(-c3c[nH]c4ccccc34)n[nH]c2=O)c2cc(F)ccc21. The molecule has 7 nitrogen and oxygen atoms in total. The predicted octanol–water partition coefficient (Wildman–Crippen LogP) is 4.11. The summed E-state index contributed by atoms with van der Waals surface area (Å²) < 4.78 is 17.5. The molecule has 2 N–H and O–H groups in total. The van der Waals surface area contributed by atoms with Crippen molar-refractivity contribution in [2.45, 2.75) is 19.4 Å². The monoisotopic (exact) mass is 400 g/mol. The highest BCUT2D eigenvalue weighted by Gasteiger charge is 2.20. The van der Waals surface area contributed by atoms with Gasteiger partial charge in [0, 0.05) is 47.2 Å². The number of H-pyrrole nitrogens is 2. The first kappa shape index (κ1) is 17.9. The number of aromatic nitrogens is 5. The van der Waals surface area contributed by atoms with Gasteiger partial charge in [-0.05, 0) is 30.7 Å². The maximum atomic E-state index is 14.1. The highest BCUT2D eigenvalue weighted by atomic mass is 19.1. The lowest BCUT2D eigenvalue weighted by Crippen LogP contribution is -2.15. The molecule has 0 amide bonds. The van der Waals surface area contributed by atoms with Gasteiger partial charge in [0.1, 0.15) is 5.82 Å². The third kappa shape index (κ3) is 2.79. The van der Waals surface area contributed by atoms with Gasteiger partial charge in [0.25, 0.3) is 0 Å². The summed E-state index contributed by atoms with van der Waals surface area (Å²) in [5, 5.41) is 17.2. The molecule has 5 rings (SSSR count). The number of nitrogens with one attached hydrogen (secondary N) is 2. The first-order valence-electron chi connectivity index (χ1n) is 9.57. The molecule has 3 aromatic heterocycles. The minimum absolute atomic E-state index is 0.385. The molecule has 3 heterocycles.